The van der Waals surface area contributed by atoms with E-state index < -0.39 is 7.60 Å². The van der Waals surface area contributed by atoms with Crippen LogP contribution >= 0.6 is 7.60 Å². The van der Waals surface area contributed by atoms with Gasteiger partial charge in [0, 0.05) is 13.0 Å². The van der Waals surface area contributed by atoms with E-state index in [0.717, 1.165) is 25.7 Å². The second-order valence-corrected chi connectivity index (χ2v) is 9.04. The van der Waals surface area contributed by atoms with Crippen LogP contribution in [0.2, 0.25) is 0 Å². The van der Waals surface area contributed by atoms with Gasteiger partial charge in [-0.1, -0.05) is 78.0 Å². The highest BCUT2D eigenvalue weighted by Crippen LogP contribution is 2.22. The van der Waals surface area contributed by atoms with Gasteiger partial charge in [-0.15, -0.1) is 0 Å². The Hall–Kier alpha value is -0.640. The van der Waals surface area contributed by atoms with Gasteiger partial charge in [0.05, 0.1) is 0 Å². The zero-order valence-corrected chi connectivity index (χ0v) is 18.2. The Morgan fingerprint density at radius 1 is 0.815 bits per heavy atom. The van der Waals surface area contributed by atoms with Crippen molar-refractivity contribution >= 4 is 13.5 Å². The Balaban J connectivity index is 3.27. The maximum Gasteiger partial charge on any atom is 0.219 e. The number of unbranched alkanes of at least 4 members (excludes halogenated alkanes) is 11. The Labute approximate surface area is 166 Å². The van der Waals surface area contributed by atoms with Crippen molar-refractivity contribution in [1.82, 2.24) is 5.32 Å². The molecule has 0 saturated carbocycles. The number of amides is 1. The van der Waals surface area contributed by atoms with Crippen LogP contribution in [0.15, 0.2) is 12.2 Å². The molecule has 0 saturated heterocycles. The molecule has 0 heterocycles. The summed E-state index contributed by atoms with van der Waals surface area (Å²) in [5, 5.41) is 2.66. The van der Waals surface area contributed by atoms with Crippen LogP contribution in [0.3, 0.4) is 0 Å². The van der Waals surface area contributed by atoms with Gasteiger partial charge in [-0.25, -0.2) is 0 Å². The fraction of sp³-hybridized carbons (Fsp3) is 0.857. The second kappa shape index (κ2) is 18.7. The van der Waals surface area contributed by atoms with E-state index in [1.165, 1.54) is 57.8 Å². The third-order valence-corrected chi connectivity index (χ3v) is 5.46. The van der Waals surface area contributed by atoms with Gasteiger partial charge in [-0.2, -0.15) is 0 Å². The summed E-state index contributed by atoms with van der Waals surface area (Å²) in [6.07, 6.45) is 20.9. The number of carbonyl (C=O) groups is 1. The molecule has 0 unspecified atom stereocenters. The van der Waals surface area contributed by atoms with Gasteiger partial charge in [-0.3, -0.25) is 4.79 Å². The number of carbonyl (C=O) groups excluding carboxylic acids is 1. The van der Waals surface area contributed by atoms with Crippen LogP contribution in [0.4, 0.5) is 0 Å². The quantitative estimate of drug-likeness (QED) is 0.197. The Morgan fingerprint density at radius 3 is 1.89 bits per heavy atom. The number of hydrogen-bond acceptors (Lipinski definition) is 4. The van der Waals surface area contributed by atoms with Crippen LogP contribution < -0.4 is 15.1 Å². The average Bonchev–Trinajstić information content (AvgIpc) is 2.61. The first-order valence-electron chi connectivity index (χ1n) is 10.9. The monoisotopic (exact) mass is 401 g/mol. The third kappa shape index (κ3) is 23.3. The van der Waals surface area contributed by atoms with E-state index >= 15 is 0 Å². The Morgan fingerprint density at radius 2 is 1.33 bits per heavy atom. The number of allylic oxidation sites excluding steroid dienone is 2. The van der Waals surface area contributed by atoms with E-state index in [4.69, 9.17) is 0 Å². The third-order valence-electron chi connectivity index (χ3n) is 4.60. The predicted octanol–water partition coefficient (Wildman–Crippen LogP) is 4.44. The maximum absolute atomic E-state index is 11.6. The lowest BCUT2D eigenvalue weighted by molar-refractivity contribution is -0.313. The van der Waals surface area contributed by atoms with Crippen LogP contribution in [0.25, 0.3) is 0 Å². The van der Waals surface area contributed by atoms with Crippen LogP contribution in [0, 0.1) is 0 Å². The van der Waals surface area contributed by atoms with Crippen molar-refractivity contribution in [2.45, 2.75) is 103 Å². The lowest BCUT2D eigenvalue weighted by atomic mass is 10.1. The molecule has 0 atom stereocenters. The van der Waals surface area contributed by atoms with Crippen molar-refractivity contribution < 1.29 is 19.1 Å². The van der Waals surface area contributed by atoms with Gasteiger partial charge in [-0.05, 0) is 44.7 Å². The second-order valence-electron chi connectivity index (χ2n) is 7.37. The Kier molecular flexibility index (Phi) is 18.3. The predicted molar refractivity (Wildman–Crippen MR) is 110 cm³/mol. The molecule has 0 aliphatic carbocycles. The summed E-state index contributed by atoms with van der Waals surface area (Å²) in [5.74, 6) is -0.0562. The summed E-state index contributed by atoms with van der Waals surface area (Å²) in [6.45, 7) is 2.51. The van der Waals surface area contributed by atoms with E-state index in [-0.39, 0.29) is 25.0 Å². The van der Waals surface area contributed by atoms with Gasteiger partial charge in [0.15, 0.2) is 0 Å². The normalized spacial score (nSPS) is 12.0. The smallest absolute Gasteiger partial charge is 0.219 e. The molecule has 0 aromatic carbocycles. The van der Waals surface area contributed by atoms with E-state index in [9.17, 15) is 19.1 Å². The molecule has 160 valence electrons. The highest BCUT2D eigenvalue weighted by Gasteiger charge is 2.01. The summed E-state index contributed by atoms with van der Waals surface area (Å²) >= 11 is 0. The van der Waals surface area contributed by atoms with Gasteiger partial charge in [0.1, 0.15) is 0 Å². The SMILES string of the molecule is CCCCCCCC/C=C\CCCCCCCC(=O)NCCCP(=O)([O-])[O-]. The maximum atomic E-state index is 11.6. The summed E-state index contributed by atoms with van der Waals surface area (Å²) in [4.78, 5) is 32.5. The summed E-state index contributed by atoms with van der Waals surface area (Å²) in [7, 11) is -4.44. The molecule has 27 heavy (non-hydrogen) atoms. The van der Waals surface area contributed by atoms with E-state index in [1.807, 2.05) is 0 Å². The standard InChI is InChI=1S/C21H42NO4P/c1-2-3-4-5-6-7-8-9-10-11-12-13-14-15-16-18-21(23)22-19-17-20-27(24,25)26/h9-10H,2-8,11-20H2,1H3,(H,22,23)(H2,24,25,26)/p-2/b10-9-. The van der Waals surface area contributed by atoms with Crippen LogP contribution in [0.5, 0.6) is 0 Å². The molecule has 1 N–H and O–H groups in total. The zero-order valence-electron chi connectivity index (χ0n) is 17.3. The van der Waals surface area contributed by atoms with Crippen molar-refractivity contribution in [3.05, 3.63) is 12.2 Å². The molecule has 1 amide bonds. The number of rotatable bonds is 19. The highest BCUT2D eigenvalue weighted by atomic mass is 31.2. The molecular weight excluding hydrogens is 361 g/mol. The van der Waals surface area contributed by atoms with Gasteiger partial charge in [0.2, 0.25) is 5.91 Å². The van der Waals surface area contributed by atoms with E-state index in [2.05, 4.69) is 24.4 Å². The number of hydrogen-bond donors (Lipinski definition) is 1. The molecule has 6 heteroatoms. The zero-order chi connectivity index (χ0) is 20.2. The van der Waals surface area contributed by atoms with Crippen LogP contribution in [-0.4, -0.2) is 18.6 Å². The van der Waals surface area contributed by atoms with Crippen molar-refractivity contribution in [2.75, 3.05) is 12.7 Å². The first kappa shape index (κ1) is 26.4. The fourth-order valence-corrected chi connectivity index (χ4v) is 3.49. The first-order valence-corrected chi connectivity index (χ1v) is 12.6. The highest BCUT2D eigenvalue weighted by molar-refractivity contribution is 7.48. The molecule has 5 nitrogen and oxygen atoms in total. The van der Waals surface area contributed by atoms with Crippen molar-refractivity contribution in [2.24, 2.45) is 0 Å². The summed E-state index contributed by atoms with van der Waals surface area (Å²) < 4.78 is 10.5. The minimum Gasteiger partial charge on any atom is -0.811 e. The van der Waals surface area contributed by atoms with E-state index in [1.54, 1.807) is 0 Å². The summed E-state index contributed by atoms with van der Waals surface area (Å²) in [5.41, 5.74) is 0. The summed E-state index contributed by atoms with van der Waals surface area (Å²) in [6, 6.07) is 0. The largest absolute Gasteiger partial charge is 0.811 e. The van der Waals surface area contributed by atoms with Crippen molar-refractivity contribution in [1.29, 1.82) is 0 Å². The van der Waals surface area contributed by atoms with Crippen LogP contribution in [-0.2, 0) is 9.36 Å². The van der Waals surface area contributed by atoms with Crippen molar-refractivity contribution in [3.8, 4) is 0 Å². The molecule has 0 radical (unpaired) electrons. The van der Waals surface area contributed by atoms with Gasteiger partial charge >= 0.3 is 0 Å². The fourth-order valence-electron chi connectivity index (χ4n) is 2.95. The molecule has 0 fully saturated rings. The molecule has 0 bridgehead atoms. The number of nitrogens with one attached hydrogen (secondary N) is 1. The minimum absolute atomic E-state index is 0.0562. The van der Waals surface area contributed by atoms with Gasteiger partial charge < -0.3 is 19.7 Å². The molecular formula is C21H40NO4P-2. The minimum atomic E-state index is -4.44. The molecule has 0 aromatic heterocycles. The van der Waals surface area contributed by atoms with Gasteiger partial charge in [0.25, 0.3) is 0 Å². The Bertz CT molecular complexity index is 420. The lowest BCUT2D eigenvalue weighted by Gasteiger charge is -2.29. The first-order chi connectivity index (χ1) is 13.0. The van der Waals surface area contributed by atoms with Crippen LogP contribution in [0.1, 0.15) is 103 Å². The van der Waals surface area contributed by atoms with E-state index in [0.29, 0.717) is 6.42 Å². The molecule has 0 rings (SSSR count). The topological polar surface area (TPSA) is 92.3 Å². The average molecular weight is 402 g/mol. The molecule has 0 aromatic rings. The molecule has 0 aliphatic heterocycles. The van der Waals surface area contributed by atoms with Crippen molar-refractivity contribution in [3.63, 3.8) is 0 Å². The molecule has 0 aliphatic rings. The lowest BCUT2D eigenvalue weighted by Crippen LogP contribution is -2.26. The molecule has 0 spiro atoms.